The van der Waals surface area contributed by atoms with Crippen molar-refractivity contribution in [2.45, 2.75) is 26.3 Å². The van der Waals surface area contributed by atoms with E-state index in [0.717, 1.165) is 41.1 Å². The summed E-state index contributed by atoms with van der Waals surface area (Å²) >= 11 is 0. The third-order valence-corrected chi connectivity index (χ3v) is 3.80. The Morgan fingerprint density at radius 2 is 1.92 bits per heavy atom. The number of rotatable bonds is 6. The Balaban J connectivity index is 1.93. The Hall–Kier alpha value is -2.77. The maximum Gasteiger partial charge on any atom is 0.222 e. The predicted molar refractivity (Wildman–Crippen MR) is 94.0 cm³/mol. The molecule has 0 saturated heterocycles. The zero-order chi connectivity index (χ0) is 17.1. The molecule has 0 aliphatic carbocycles. The number of nitrogens with one attached hydrogen (secondary N) is 1. The van der Waals surface area contributed by atoms with Gasteiger partial charge in [-0.25, -0.2) is 19.9 Å². The summed E-state index contributed by atoms with van der Waals surface area (Å²) in [4.78, 5) is 20.0. The summed E-state index contributed by atoms with van der Waals surface area (Å²) in [5, 5.41) is 8.20. The first kappa shape index (κ1) is 16.1. The van der Waals surface area contributed by atoms with Crippen molar-refractivity contribution in [3.63, 3.8) is 0 Å². The van der Waals surface area contributed by atoms with Crippen molar-refractivity contribution in [3.8, 4) is 0 Å². The molecule has 0 aliphatic heterocycles. The van der Waals surface area contributed by atoms with E-state index in [1.807, 2.05) is 32.7 Å². The quantitative estimate of drug-likeness (QED) is 0.739. The van der Waals surface area contributed by atoms with Crippen molar-refractivity contribution in [2.24, 2.45) is 7.05 Å². The first-order valence-electron chi connectivity index (χ1n) is 8.00. The lowest BCUT2D eigenvalue weighted by Crippen LogP contribution is -2.19. The highest BCUT2D eigenvalue weighted by atomic mass is 15.3. The molecule has 126 valence electrons. The Morgan fingerprint density at radius 3 is 2.58 bits per heavy atom. The van der Waals surface area contributed by atoms with Crippen LogP contribution < -0.4 is 10.2 Å². The van der Waals surface area contributed by atoms with Crippen molar-refractivity contribution in [1.82, 2.24) is 29.7 Å². The van der Waals surface area contributed by atoms with Crippen molar-refractivity contribution < 1.29 is 0 Å². The topological polar surface area (TPSA) is 84.7 Å². The van der Waals surface area contributed by atoms with Gasteiger partial charge in [-0.15, -0.1) is 0 Å². The normalized spacial score (nSPS) is 11.0. The molecule has 1 N–H and O–H groups in total. The zero-order valence-corrected chi connectivity index (χ0v) is 14.5. The molecule has 8 heteroatoms. The third kappa shape index (κ3) is 3.12. The lowest BCUT2D eigenvalue weighted by Gasteiger charge is -2.19. The van der Waals surface area contributed by atoms with E-state index >= 15 is 0 Å². The molecule has 0 amide bonds. The van der Waals surface area contributed by atoms with Crippen LogP contribution in [0.1, 0.15) is 24.7 Å². The van der Waals surface area contributed by atoms with E-state index in [1.165, 1.54) is 0 Å². The number of hydrogen-bond donors (Lipinski definition) is 1. The molecular formula is C16H22N8. The number of anilines is 2. The van der Waals surface area contributed by atoms with E-state index in [9.17, 15) is 0 Å². The van der Waals surface area contributed by atoms with E-state index in [0.29, 0.717) is 12.5 Å². The van der Waals surface area contributed by atoms with Crippen LogP contribution in [0.2, 0.25) is 0 Å². The molecule has 24 heavy (non-hydrogen) atoms. The number of nitrogens with zero attached hydrogens (tertiary/aromatic N) is 7. The van der Waals surface area contributed by atoms with Gasteiger partial charge in [0, 0.05) is 52.1 Å². The molecule has 0 saturated carbocycles. The number of aryl methyl sites for hydroxylation is 2. The number of fused-ring (bicyclic) bond motifs is 1. The van der Waals surface area contributed by atoms with Crippen LogP contribution in [-0.4, -0.2) is 43.8 Å². The van der Waals surface area contributed by atoms with Gasteiger partial charge in [0.2, 0.25) is 5.95 Å². The summed E-state index contributed by atoms with van der Waals surface area (Å²) in [6.45, 7) is 2.79. The van der Waals surface area contributed by atoms with Crippen LogP contribution in [0.4, 0.5) is 11.8 Å². The molecule has 3 rings (SSSR count). The van der Waals surface area contributed by atoms with Gasteiger partial charge in [-0.1, -0.05) is 6.92 Å². The summed E-state index contributed by atoms with van der Waals surface area (Å²) in [6.07, 6.45) is 7.32. The smallest absolute Gasteiger partial charge is 0.222 e. The predicted octanol–water partition coefficient (Wildman–Crippen LogP) is 1.78. The molecule has 0 aromatic carbocycles. The van der Waals surface area contributed by atoms with Gasteiger partial charge < -0.3 is 10.2 Å². The van der Waals surface area contributed by atoms with Gasteiger partial charge >= 0.3 is 0 Å². The maximum atomic E-state index is 4.74. The Labute approximate surface area is 141 Å². The van der Waals surface area contributed by atoms with E-state index in [2.05, 4.69) is 37.2 Å². The maximum absolute atomic E-state index is 4.74. The van der Waals surface area contributed by atoms with Crippen molar-refractivity contribution in [2.75, 3.05) is 24.3 Å². The Bertz CT molecular complexity index is 824. The van der Waals surface area contributed by atoms with Crippen LogP contribution in [0.15, 0.2) is 18.6 Å². The summed E-state index contributed by atoms with van der Waals surface area (Å²) in [6, 6.07) is 0. The second-order valence-electron chi connectivity index (χ2n) is 5.74. The minimum atomic E-state index is 0.614. The molecule has 0 fully saturated rings. The fourth-order valence-electron chi connectivity index (χ4n) is 2.59. The summed E-state index contributed by atoms with van der Waals surface area (Å²) in [5.41, 5.74) is 1.88. The van der Waals surface area contributed by atoms with Crippen LogP contribution in [0, 0.1) is 0 Å². The molecule has 0 spiro atoms. The van der Waals surface area contributed by atoms with Crippen molar-refractivity contribution in [3.05, 3.63) is 30.0 Å². The third-order valence-electron chi connectivity index (χ3n) is 3.80. The highest BCUT2D eigenvalue weighted by molar-refractivity contribution is 5.86. The average Bonchev–Trinajstić information content (AvgIpc) is 2.96. The second kappa shape index (κ2) is 6.77. The van der Waals surface area contributed by atoms with Gasteiger partial charge in [-0.2, -0.15) is 5.10 Å². The molecule has 3 aromatic heterocycles. The molecule has 0 radical (unpaired) electrons. The monoisotopic (exact) mass is 326 g/mol. The van der Waals surface area contributed by atoms with E-state index in [-0.39, 0.29) is 0 Å². The molecule has 0 bridgehead atoms. The van der Waals surface area contributed by atoms with Crippen LogP contribution >= 0.6 is 0 Å². The molecule has 0 aliphatic rings. The molecule has 0 atom stereocenters. The molecular weight excluding hydrogens is 304 g/mol. The van der Waals surface area contributed by atoms with Crippen LogP contribution in [0.25, 0.3) is 11.0 Å². The first-order valence-corrected chi connectivity index (χ1v) is 8.00. The van der Waals surface area contributed by atoms with Gasteiger partial charge in [0.1, 0.15) is 11.6 Å². The standard InChI is InChI=1S/C16H22N8/c1-5-6-13-21-14(12-9-20-24(4)15(12)22-13)23(3)10-11-7-18-16(17-2)19-8-11/h7-9H,5-6,10H2,1-4H3,(H,17,18,19). The minimum absolute atomic E-state index is 0.614. The molecule has 3 aromatic rings. The van der Waals surface area contributed by atoms with Crippen molar-refractivity contribution in [1.29, 1.82) is 0 Å². The largest absolute Gasteiger partial charge is 0.357 e. The van der Waals surface area contributed by atoms with Gasteiger partial charge in [0.05, 0.1) is 11.6 Å². The average molecular weight is 326 g/mol. The van der Waals surface area contributed by atoms with E-state index in [4.69, 9.17) is 4.98 Å². The highest BCUT2D eigenvalue weighted by Gasteiger charge is 2.15. The van der Waals surface area contributed by atoms with E-state index in [1.54, 1.807) is 11.7 Å². The van der Waals surface area contributed by atoms with Crippen LogP contribution in [0.3, 0.4) is 0 Å². The zero-order valence-electron chi connectivity index (χ0n) is 14.5. The highest BCUT2D eigenvalue weighted by Crippen LogP contribution is 2.24. The SMILES string of the molecule is CCCc1nc(N(C)Cc2cnc(NC)nc2)c2cnn(C)c2n1. The van der Waals surface area contributed by atoms with E-state index < -0.39 is 0 Å². The molecule has 8 nitrogen and oxygen atoms in total. The Kier molecular flexibility index (Phi) is 4.54. The van der Waals surface area contributed by atoms with Gasteiger partial charge in [0.15, 0.2) is 5.65 Å². The van der Waals surface area contributed by atoms with Gasteiger partial charge in [-0.3, -0.25) is 4.68 Å². The summed E-state index contributed by atoms with van der Waals surface area (Å²) in [5.74, 6) is 2.34. The van der Waals surface area contributed by atoms with Crippen LogP contribution in [0.5, 0.6) is 0 Å². The number of hydrogen-bond acceptors (Lipinski definition) is 7. The fourth-order valence-corrected chi connectivity index (χ4v) is 2.59. The van der Waals surface area contributed by atoms with Gasteiger partial charge in [0.25, 0.3) is 0 Å². The van der Waals surface area contributed by atoms with Gasteiger partial charge in [-0.05, 0) is 6.42 Å². The first-order chi connectivity index (χ1) is 11.6. The lowest BCUT2D eigenvalue weighted by molar-refractivity contribution is 0.769. The molecule has 3 heterocycles. The Morgan fingerprint density at radius 1 is 1.17 bits per heavy atom. The summed E-state index contributed by atoms with van der Waals surface area (Å²) < 4.78 is 1.79. The minimum Gasteiger partial charge on any atom is -0.357 e. The van der Waals surface area contributed by atoms with Crippen molar-refractivity contribution >= 4 is 22.8 Å². The molecule has 0 unspecified atom stereocenters. The summed E-state index contributed by atoms with van der Waals surface area (Å²) in [7, 11) is 5.71. The lowest BCUT2D eigenvalue weighted by atomic mass is 10.2. The fraction of sp³-hybridized carbons (Fsp3) is 0.438. The number of aromatic nitrogens is 6. The van der Waals surface area contributed by atoms with Crippen LogP contribution in [-0.2, 0) is 20.0 Å². The second-order valence-corrected chi connectivity index (χ2v) is 5.74.